The van der Waals surface area contributed by atoms with Gasteiger partial charge in [0.15, 0.2) is 11.6 Å². The van der Waals surface area contributed by atoms with E-state index >= 15 is 0 Å². The van der Waals surface area contributed by atoms with Gasteiger partial charge in [0.05, 0.1) is 0 Å². The molecule has 0 radical (unpaired) electrons. The fraction of sp³-hybridized carbons (Fsp3) is 0.533. The van der Waals surface area contributed by atoms with Crippen LogP contribution >= 0.6 is 0 Å². The first-order chi connectivity index (χ1) is 11.3. The highest BCUT2D eigenvalue weighted by atomic mass is 16.2. The Morgan fingerprint density at radius 2 is 1.83 bits per heavy atom. The van der Waals surface area contributed by atoms with Crippen LogP contribution in [0.3, 0.4) is 0 Å². The summed E-state index contributed by atoms with van der Waals surface area (Å²) in [5, 5.41) is 15.6. The standard InChI is InChI=1S/C15H19N7O/c23-15(18-12-1-2-12)11-5-7-21(8-6-11)13-3-4-14(20-19-13)22-10-16-9-17-22/h3-4,9-12H,1-2,5-8H2,(H,18,23). The Hall–Kier alpha value is -2.51. The van der Waals surface area contributed by atoms with Crippen LogP contribution in [0.2, 0.25) is 0 Å². The van der Waals surface area contributed by atoms with Crippen LogP contribution in [0.5, 0.6) is 0 Å². The molecule has 23 heavy (non-hydrogen) atoms. The van der Waals surface area contributed by atoms with Crippen molar-refractivity contribution in [2.45, 2.75) is 31.7 Å². The molecule has 3 heterocycles. The molecule has 1 aliphatic heterocycles. The maximum atomic E-state index is 12.1. The lowest BCUT2D eigenvalue weighted by Gasteiger charge is -2.31. The number of hydrogen-bond acceptors (Lipinski definition) is 6. The van der Waals surface area contributed by atoms with Gasteiger partial charge in [-0.2, -0.15) is 5.10 Å². The molecule has 0 bridgehead atoms. The zero-order valence-electron chi connectivity index (χ0n) is 12.8. The lowest BCUT2D eigenvalue weighted by Crippen LogP contribution is -2.41. The van der Waals surface area contributed by atoms with Crippen molar-refractivity contribution in [3.05, 3.63) is 24.8 Å². The normalized spacial score (nSPS) is 18.9. The molecule has 1 amide bonds. The average molecular weight is 313 g/mol. The number of amides is 1. The Morgan fingerprint density at radius 3 is 2.43 bits per heavy atom. The van der Waals surface area contributed by atoms with Gasteiger partial charge >= 0.3 is 0 Å². The third kappa shape index (κ3) is 3.15. The quantitative estimate of drug-likeness (QED) is 0.887. The molecule has 4 rings (SSSR count). The summed E-state index contributed by atoms with van der Waals surface area (Å²) in [5.41, 5.74) is 0. The molecule has 0 unspecified atom stereocenters. The summed E-state index contributed by atoms with van der Waals surface area (Å²) in [5.74, 6) is 1.84. The van der Waals surface area contributed by atoms with Crippen molar-refractivity contribution in [3.8, 4) is 5.82 Å². The van der Waals surface area contributed by atoms with Gasteiger partial charge in [-0.05, 0) is 37.8 Å². The number of carbonyl (C=O) groups is 1. The molecule has 2 aliphatic rings. The monoisotopic (exact) mass is 313 g/mol. The van der Waals surface area contributed by atoms with Gasteiger partial charge in [0.2, 0.25) is 5.91 Å². The fourth-order valence-corrected chi connectivity index (χ4v) is 2.85. The first kappa shape index (κ1) is 14.1. The van der Waals surface area contributed by atoms with Crippen molar-refractivity contribution in [1.82, 2.24) is 30.3 Å². The van der Waals surface area contributed by atoms with Crippen LogP contribution in [-0.2, 0) is 4.79 Å². The number of piperidine rings is 1. The van der Waals surface area contributed by atoms with Crippen LogP contribution in [0.4, 0.5) is 5.82 Å². The van der Waals surface area contributed by atoms with Gasteiger partial charge < -0.3 is 10.2 Å². The summed E-state index contributed by atoms with van der Waals surface area (Å²) in [7, 11) is 0. The minimum Gasteiger partial charge on any atom is -0.355 e. The first-order valence-electron chi connectivity index (χ1n) is 8.03. The largest absolute Gasteiger partial charge is 0.355 e. The summed E-state index contributed by atoms with van der Waals surface area (Å²) in [6, 6.07) is 4.26. The van der Waals surface area contributed by atoms with E-state index in [4.69, 9.17) is 0 Å². The fourth-order valence-electron chi connectivity index (χ4n) is 2.85. The van der Waals surface area contributed by atoms with Crippen LogP contribution in [0.15, 0.2) is 24.8 Å². The molecule has 1 aliphatic carbocycles. The van der Waals surface area contributed by atoms with Gasteiger partial charge in [0.25, 0.3) is 0 Å². The molecule has 120 valence electrons. The molecular weight excluding hydrogens is 294 g/mol. The molecule has 1 saturated heterocycles. The van der Waals surface area contributed by atoms with Crippen LogP contribution in [0, 0.1) is 5.92 Å². The zero-order chi connectivity index (χ0) is 15.6. The number of anilines is 1. The van der Waals surface area contributed by atoms with Crippen molar-refractivity contribution in [2.75, 3.05) is 18.0 Å². The van der Waals surface area contributed by atoms with E-state index in [0.29, 0.717) is 11.9 Å². The second kappa shape index (κ2) is 5.94. The van der Waals surface area contributed by atoms with E-state index < -0.39 is 0 Å². The molecule has 1 N–H and O–H groups in total. The van der Waals surface area contributed by atoms with E-state index in [2.05, 4.69) is 30.5 Å². The second-order valence-electron chi connectivity index (χ2n) is 6.13. The molecule has 2 fully saturated rings. The maximum Gasteiger partial charge on any atom is 0.223 e. The van der Waals surface area contributed by atoms with E-state index in [0.717, 1.165) is 44.6 Å². The van der Waals surface area contributed by atoms with Crippen molar-refractivity contribution in [1.29, 1.82) is 0 Å². The molecule has 0 spiro atoms. The molecule has 8 heteroatoms. The van der Waals surface area contributed by atoms with E-state index in [-0.39, 0.29) is 11.8 Å². The zero-order valence-corrected chi connectivity index (χ0v) is 12.8. The van der Waals surface area contributed by atoms with Crippen molar-refractivity contribution in [2.24, 2.45) is 5.92 Å². The number of nitrogens with one attached hydrogen (secondary N) is 1. The van der Waals surface area contributed by atoms with E-state index in [1.54, 1.807) is 11.0 Å². The minimum atomic E-state index is 0.134. The minimum absolute atomic E-state index is 0.134. The molecule has 2 aromatic heterocycles. The summed E-state index contributed by atoms with van der Waals surface area (Å²) >= 11 is 0. The Labute approximate surface area is 133 Å². The number of aromatic nitrogens is 5. The first-order valence-corrected chi connectivity index (χ1v) is 8.03. The van der Waals surface area contributed by atoms with E-state index in [1.807, 2.05) is 12.1 Å². The number of carbonyl (C=O) groups excluding carboxylic acids is 1. The van der Waals surface area contributed by atoms with Crippen molar-refractivity contribution in [3.63, 3.8) is 0 Å². The van der Waals surface area contributed by atoms with Gasteiger partial charge in [-0.3, -0.25) is 4.79 Å². The lowest BCUT2D eigenvalue weighted by atomic mass is 9.96. The number of nitrogens with zero attached hydrogens (tertiary/aromatic N) is 6. The lowest BCUT2D eigenvalue weighted by molar-refractivity contribution is -0.125. The molecule has 1 saturated carbocycles. The summed E-state index contributed by atoms with van der Waals surface area (Å²) in [4.78, 5) is 18.2. The van der Waals surface area contributed by atoms with E-state index in [1.165, 1.54) is 6.33 Å². The Morgan fingerprint density at radius 1 is 1.09 bits per heavy atom. The van der Waals surface area contributed by atoms with Crippen LogP contribution in [0.25, 0.3) is 5.82 Å². The van der Waals surface area contributed by atoms with Crippen LogP contribution in [0.1, 0.15) is 25.7 Å². The summed E-state index contributed by atoms with van der Waals surface area (Å²) in [6.45, 7) is 1.67. The van der Waals surface area contributed by atoms with Crippen LogP contribution < -0.4 is 10.2 Å². The van der Waals surface area contributed by atoms with Gasteiger partial charge in [-0.15, -0.1) is 10.2 Å². The Bertz CT molecular complexity index is 658. The molecule has 8 nitrogen and oxygen atoms in total. The number of hydrogen-bond donors (Lipinski definition) is 1. The van der Waals surface area contributed by atoms with Gasteiger partial charge in [-0.25, -0.2) is 9.67 Å². The smallest absolute Gasteiger partial charge is 0.223 e. The highest BCUT2D eigenvalue weighted by Gasteiger charge is 2.30. The third-order valence-corrected chi connectivity index (χ3v) is 4.40. The summed E-state index contributed by atoms with van der Waals surface area (Å²) < 4.78 is 1.57. The van der Waals surface area contributed by atoms with Crippen molar-refractivity contribution >= 4 is 11.7 Å². The van der Waals surface area contributed by atoms with Crippen LogP contribution in [-0.4, -0.2) is 50.0 Å². The topological polar surface area (TPSA) is 88.8 Å². The van der Waals surface area contributed by atoms with Gasteiger partial charge in [-0.1, -0.05) is 0 Å². The second-order valence-corrected chi connectivity index (χ2v) is 6.13. The maximum absolute atomic E-state index is 12.1. The van der Waals surface area contributed by atoms with Gasteiger partial charge in [0, 0.05) is 25.0 Å². The third-order valence-electron chi connectivity index (χ3n) is 4.40. The van der Waals surface area contributed by atoms with Gasteiger partial charge in [0.1, 0.15) is 12.7 Å². The van der Waals surface area contributed by atoms with Crippen molar-refractivity contribution < 1.29 is 4.79 Å². The molecular formula is C15H19N7O. The highest BCUT2D eigenvalue weighted by molar-refractivity contribution is 5.79. The highest BCUT2D eigenvalue weighted by Crippen LogP contribution is 2.24. The predicted molar refractivity (Wildman–Crippen MR) is 83.1 cm³/mol. The SMILES string of the molecule is O=C(NC1CC1)C1CCN(c2ccc(-n3cncn3)nn2)CC1. The van der Waals surface area contributed by atoms with E-state index in [9.17, 15) is 4.79 Å². The Balaban J connectivity index is 1.35. The average Bonchev–Trinajstić information content (AvgIpc) is 3.24. The number of rotatable bonds is 4. The Kier molecular flexibility index (Phi) is 3.64. The predicted octanol–water partition coefficient (Wildman–Crippen LogP) is 0.552. The molecule has 0 aromatic carbocycles. The molecule has 2 aromatic rings. The molecule has 0 atom stereocenters. The summed E-state index contributed by atoms with van der Waals surface area (Å²) in [6.07, 6.45) is 7.06.